The number of rotatable bonds is 3. The molecule has 0 aliphatic carbocycles. The lowest BCUT2D eigenvalue weighted by Gasteiger charge is -2.33. The van der Waals surface area contributed by atoms with Gasteiger partial charge in [0.25, 0.3) is 11.8 Å². The molecule has 1 aliphatic rings. The molecule has 1 heterocycles. The Labute approximate surface area is 182 Å². The number of nitrogens with one attached hydrogen (secondary N) is 2. The van der Waals surface area contributed by atoms with Crippen LogP contribution in [0.5, 0.6) is 0 Å². The summed E-state index contributed by atoms with van der Waals surface area (Å²) in [5.74, 6) is -2.27. The first kappa shape index (κ1) is 22.8. The third-order valence-electron chi connectivity index (χ3n) is 5.33. The second-order valence-electron chi connectivity index (χ2n) is 7.43. The summed E-state index contributed by atoms with van der Waals surface area (Å²) in [5.41, 5.74) is 4.69. The number of nitriles is 1. The molecule has 2 aromatic carbocycles. The number of amides is 2. The summed E-state index contributed by atoms with van der Waals surface area (Å²) in [6, 6.07) is 11.6. The molecule has 0 spiro atoms. The third-order valence-corrected chi connectivity index (χ3v) is 5.33. The van der Waals surface area contributed by atoms with Gasteiger partial charge in [-0.15, -0.1) is 0 Å². The molecular weight excluding hydrogens is 423 g/mol. The fourth-order valence-corrected chi connectivity index (χ4v) is 3.79. The molecule has 0 atom stereocenters. The van der Waals surface area contributed by atoms with Crippen LogP contribution < -0.4 is 11.1 Å². The van der Waals surface area contributed by atoms with Gasteiger partial charge in [-0.3, -0.25) is 20.3 Å². The zero-order chi connectivity index (χ0) is 23.5. The fraction of sp³-hybridized carbons (Fsp3) is 0.273. The van der Waals surface area contributed by atoms with Gasteiger partial charge in [-0.25, -0.2) is 0 Å². The molecule has 0 unspecified atom stereocenters. The molecule has 2 aromatic rings. The van der Waals surface area contributed by atoms with Gasteiger partial charge in [0.2, 0.25) is 0 Å². The van der Waals surface area contributed by atoms with Crippen LogP contribution in [0.2, 0.25) is 0 Å². The van der Waals surface area contributed by atoms with Gasteiger partial charge in [0.15, 0.2) is 5.96 Å². The summed E-state index contributed by atoms with van der Waals surface area (Å²) in [6.07, 6.45) is -4.02. The Morgan fingerprint density at radius 3 is 2.41 bits per heavy atom. The molecule has 0 radical (unpaired) electrons. The Kier molecular flexibility index (Phi) is 6.48. The molecule has 166 valence electrons. The summed E-state index contributed by atoms with van der Waals surface area (Å²) >= 11 is 0. The summed E-state index contributed by atoms with van der Waals surface area (Å²) < 4.78 is 41.2. The fourth-order valence-electron chi connectivity index (χ4n) is 3.79. The average Bonchev–Trinajstić information content (AvgIpc) is 2.77. The molecule has 10 heteroatoms. The molecule has 0 saturated carbocycles. The van der Waals surface area contributed by atoms with E-state index in [1.54, 1.807) is 23.1 Å². The Morgan fingerprint density at radius 1 is 1.12 bits per heavy atom. The molecule has 1 aliphatic heterocycles. The summed E-state index contributed by atoms with van der Waals surface area (Å²) in [7, 11) is 0. The highest BCUT2D eigenvalue weighted by Crippen LogP contribution is 2.39. The minimum Gasteiger partial charge on any atom is -0.370 e. The van der Waals surface area contributed by atoms with Crippen molar-refractivity contribution in [1.29, 1.82) is 10.7 Å². The van der Waals surface area contributed by atoms with Crippen molar-refractivity contribution in [3.63, 3.8) is 0 Å². The first-order valence-corrected chi connectivity index (χ1v) is 9.76. The van der Waals surface area contributed by atoms with Gasteiger partial charge in [0.1, 0.15) is 0 Å². The van der Waals surface area contributed by atoms with Crippen molar-refractivity contribution in [2.75, 3.05) is 13.1 Å². The van der Waals surface area contributed by atoms with E-state index in [1.807, 2.05) is 11.4 Å². The number of nitrogens with two attached hydrogens (primary N) is 1. The van der Waals surface area contributed by atoms with Gasteiger partial charge in [-0.1, -0.05) is 12.1 Å². The highest BCUT2D eigenvalue weighted by Gasteiger charge is 2.37. The lowest BCUT2D eigenvalue weighted by Crippen LogP contribution is -2.38. The van der Waals surface area contributed by atoms with Gasteiger partial charge in [-0.05, 0) is 54.7 Å². The number of halogens is 3. The predicted molar refractivity (Wildman–Crippen MR) is 110 cm³/mol. The molecule has 3 rings (SSSR count). The Hall–Kier alpha value is -3.87. The maximum Gasteiger partial charge on any atom is 0.416 e. The number of carbonyl (C=O) groups excluding carboxylic acids is 2. The van der Waals surface area contributed by atoms with Crippen molar-refractivity contribution in [3.05, 3.63) is 70.3 Å². The molecule has 2 amide bonds. The van der Waals surface area contributed by atoms with Crippen LogP contribution >= 0.6 is 0 Å². The van der Waals surface area contributed by atoms with E-state index < -0.39 is 29.5 Å². The SMILES string of the molecule is N#Cc1cccc(C(=O)N2CCC(c3ccc(C(=O)NC(=N)N)cc3C(F)(F)F)CC2)c1. The Bertz CT molecular complexity index is 1100. The van der Waals surface area contributed by atoms with E-state index in [9.17, 15) is 22.8 Å². The number of piperidine rings is 1. The average molecular weight is 443 g/mol. The van der Waals surface area contributed by atoms with Crippen LogP contribution in [0.1, 0.15) is 56.2 Å². The summed E-state index contributed by atoms with van der Waals surface area (Å²) in [5, 5.41) is 18.0. The molecular formula is C22H20F3N5O2. The maximum absolute atomic E-state index is 13.7. The largest absolute Gasteiger partial charge is 0.416 e. The maximum atomic E-state index is 13.7. The first-order chi connectivity index (χ1) is 15.1. The number of hydrogen-bond acceptors (Lipinski definition) is 4. The van der Waals surface area contributed by atoms with Gasteiger partial charge >= 0.3 is 6.18 Å². The molecule has 1 fully saturated rings. The van der Waals surface area contributed by atoms with Crippen LogP contribution in [-0.2, 0) is 6.18 Å². The van der Waals surface area contributed by atoms with Crippen LogP contribution in [0.25, 0.3) is 0 Å². The number of hydrogen-bond donors (Lipinski definition) is 3. The number of likely N-dealkylation sites (tertiary alicyclic amines) is 1. The smallest absolute Gasteiger partial charge is 0.370 e. The van der Waals surface area contributed by atoms with E-state index in [1.165, 1.54) is 18.2 Å². The summed E-state index contributed by atoms with van der Waals surface area (Å²) in [6.45, 7) is 0.536. The minimum absolute atomic E-state index is 0.0652. The highest BCUT2D eigenvalue weighted by molar-refractivity contribution is 6.04. The van der Waals surface area contributed by atoms with Crippen molar-refractivity contribution < 1.29 is 22.8 Å². The van der Waals surface area contributed by atoms with E-state index in [0.29, 0.717) is 24.0 Å². The van der Waals surface area contributed by atoms with Crippen molar-refractivity contribution in [2.24, 2.45) is 5.73 Å². The predicted octanol–water partition coefficient (Wildman–Crippen LogP) is 3.22. The van der Waals surface area contributed by atoms with Crippen molar-refractivity contribution in [2.45, 2.75) is 24.9 Å². The van der Waals surface area contributed by atoms with Gasteiger partial charge in [-0.2, -0.15) is 18.4 Å². The van der Waals surface area contributed by atoms with Crippen molar-refractivity contribution in [1.82, 2.24) is 10.2 Å². The number of guanidine groups is 1. The number of benzene rings is 2. The molecule has 32 heavy (non-hydrogen) atoms. The van der Waals surface area contributed by atoms with Crippen LogP contribution in [0, 0.1) is 16.7 Å². The quantitative estimate of drug-likeness (QED) is 0.498. The normalized spacial score (nSPS) is 14.5. The van der Waals surface area contributed by atoms with Crippen LogP contribution in [0.3, 0.4) is 0 Å². The second kappa shape index (κ2) is 9.09. The number of nitrogens with zero attached hydrogens (tertiary/aromatic N) is 2. The van der Waals surface area contributed by atoms with E-state index in [0.717, 1.165) is 6.07 Å². The molecule has 0 aromatic heterocycles. The van der Waals surface area contributed by atoms with Crippen LogP contribution in [-0.4, -0.2) is 35.8 Å². The molecule has 4 N–H and O–H groups in total. The van der Waals surface area contributed by atoms with E-state index in [4.69, 9.17) is 16.4 Å². The van der Waals surface area contributed by atoms with Crippen molar-refractivity contribution in [3.8, 4) is 6.07 Å². The van der Waals surface area contributed by atoms with E-state index >= 15 is 0 Å². The number of alkyl halides is 3. The standard InChI is InChI=1S/C22H20F3N5O2/c23-22(24,25)18-11-15(19(31)29-21(27)28)4-5-17(18)14-6-8-30(9-7-14)20(32)16-3-1-2-13(10-16)12-26/h1-5,10-11,14H,6-9H2,(H4,27,28,29,31). The Balaban J connectivity index is 1.78. The molecule has 7 nitrogen and oxygen atoms in total. The summed E-state index contributed by atoms with van der Waals surface area (Å²) in [4.78, 5) is 26.2. The molecule has 0 bridgehead atoms. The van der Waals surface area contributed by atoms with Gasteiger partial charge < -0.3 is 10.6 Å². The van der Waals surface area contributed by atoms with E-state index in [-0.39, 0.29) is 30.1 Å². The second-order valence-corrected chi connectivity index (χ2v) is 7.43. The minimum atomic E-state index is -4.67. The van der Waals surface area contributed by atoms with Crippen LogP contribution in [0.15, 0.2) is 42.5 Å². The zero-order valence-electron chi connectivity index (χ0n) is 16.9. The zero-order valence-corrected chi connectivity index (χ0v) is 16.9. The lowest BCUT2D eigenvalue weighted by atomic mass is 9.85. The van der Waals surface area contributed by atoms with Gasteiger partial charge in [0.05, 0.1) is 17.2 Å². The first-order valence-electron chi connectivity index (χ1n) is 9.76. The monoisotopic (exact) mass is 443 g/mol. The highest BCUT2D eigenvalue weighted by atomic mass is 19.4. The lowest BCUT2D eigenvalue weighted by molar-refractivity contribution is -0.138. The Morgan fingerprint density at radius 2 is 1.81 bits per heavy atom. The number of carbonyl (C=O) groups is 2. The van der Waals surface area contributed by atoms with Crippen molar-refractivity contribution >= 4 is 17.8 Å². The molecule has 1 saturated heterocycles. The third kappa shape index (κ3) is 5.06. The topological polar surface area (TPSA) is 123 Å². The van der Waals surface area contributed by atoms with Gasteiger partial charge in [0, 0.05) is 24.2 Å². The van der Waals surface area contributed by atoms with Crippen LogP contribution in [0.4, 0.5) is 13.2 Å². The van der Waals surface area contributed by atoms with E-state index in [2.05, 4.69) is 0 Å².